The Bertz CT molecular complexity index is 3140. The van der Waals surface area contributed by atoms with Crippen molar-refractivity contribution in [2.24, 2.45) is 0 Å². The molecule has 0 aliphatic rings. The lowest BCUT2D eigenvalue weighted by molar-refractivity contribution is 1.18. The SMILES string of the molecule is c1ccc(-c2nc(-c3ccc4ccccc4c3)cc(-c3cc4ccc5cccc6c7cccc8ccc9cccc(c(c3)c4c56)c9c87)n2)cc1. The first kappa shape index (κ1) is 27.3. The number of hydrogen-bond acceptors (Lipinski definition) is 2. The third-order valence-electron chi connectivity index (χ3n) is 10.5. The van der Waals surface area contributed by atoms with Gasteiger partial charge in [-0.25, -0.2) is 9.97 Å². The molecule has 0 radical (unpaired) electrons. The lowest BCUT2D eigenvalue weighted by atomic mass is 9.87. The van der Waals surface area contributed by atoms with Crippen LogP contribution < -0.4 is 0 Å². The Kier molecular flexibility index (Phi) is 5.70. The van der Waals surface area contributed by atoms with E-state index in [4.69, 9.17) is 9.97 Å². The molecule has 11 rings (SSSR count). The summed E-state index contributed by atoms with van der Waals surface area (Å²) in [5.41, 5.74) is 4.95. The van der Waals surface area contributed by atoms with Crippen LogP contribution in [-0.4, -0.2) is 9.97 Å². The van der Waals surface area contributed by atoms with E-state index in [0.717, 1.165) is 33.9 Å². The van der Waals surface area contributed by atoms with Crippen molar-refractivity contribution in [1.29, 1.82) is 0 Å². The molecule has 0 N–H and O–H groups in total. The second-order valence-electron chi connectivity index (χ2n) is 13.4. The van der Waals surface area contributed by atoms with E-state index < -0.39 is 0 Å². The molecule has 0 fully saturated rings. The summed E-state index contributed by atoms with van der Waals surface area (Å²) in [6.07, 6.45) is 0. The third-order valence-corrected chi connectivity index (χ3v) is 10.5. The molecule has 2 heteroatoms. The molecule has 10 aromatic carbocycles. The second kappa shape index (κ2) is 10.4. The summed E-state index contributed by atoms with van der Waals surface area (Å²) in [5.74, 6) is 0.718. The van der Waals surface area contributed by atoms with Crippen molar-refractivity contribution < 1.29 is 0 Å². The predicted molar refractivity (Wildman–Crippen MR) is 212 cm³/mol. The lowest BCUT2D eigenvalue weighted by Crippen LogP contribution is -1.96. The highest BCUT2D eigenvalue weighted by molar-refractivity contribution is 6.37. The minimum Gasteiger partial charge on any atom is -0.228 e. The van der Waals surface area contributed by atoms with E-state index in [1.54, 1.807) is 0 Å². The van der Waals surface area contributed by atoms with Gasteiger partial charge in [0.2, 0.25) is 0 Å². The summed E-state index contributed by atoms with van der Waals surface area (Å²) in [5, 5.41) is 17.6. The van der Waals surface area contributed by atoms with Crippen molar-refractivity contribution in [3.8, 4) is 33.9 Å². The molecule has 0 unspecified atom stereocenters. The molecule has 2 nitrogen and oxygen atoms in total. The summed E-state index contributed by atoms with van der Waals surface area (Å²) in [6.45, 7) is 0. The molecule has 0 bridgehead atoms. The van der Waals surface area contributed by atoms with Gasteiger partial charge < -0.3 is 0 Å². The van der Waals surface area contributed by atoms with Crippen molar-refractivity contribution in [3.05, 3.63) is 170 Å². The number of hydrogen-bond donors (Lipinski definition) is 0. The highest BCUT2D eigenvalue weighted by Crippen LogP contribution is 2.44. The van der Waals surface area contributed by atoms with Crippen molar-refractivity contribution >= 4 is 75.4 Å². The molecule has 0 amide bonds. The maximum atomic E-state index is 5.28. The van der Waals surface area contributed by atoms with Crippen LogP contribution in [0.5, 0.6) is 0 Å². The highest BCUT2D eigenvalue weighted by Gasteiger charge is 2.18. The van der Waals surface area contributed by atoms with Gasteiger partial charge in [-0.1, -0.05) is 146 Å². The number of benzene rings is 9. The van der Waals surface area contributed by atoms with E-state index in [1.165, 1.54) is 75.4 Å². The van der Waals surface area contributed by atoms with Gasteiger partial charge in [0.05, 0.1) is 11.4 Å². The number of rotatable bonds is 3. The molecule has 0 spiro atoms. The van der Waals surface area contributed by atoms with Crippen molar-refractivity contribution in [1.82, 2.24) is 9.97 Å². The number of fused-ring (bicyclic) bond motifs is 3. The summed E-state index contributed by atoms with van der Waals surface area (Å²) in [6, 6.07) is 61.6. The van der Waals surface area contributed by atoms with Crippen LogP contribution in [0.15, 0.2) is 170 Å². The molecular weight excluding hydrogens is 605 g/mol. The first-order chi connectivity index (χ1) is 24.8. The van der Waals surface area contributed by atoms with Crippen LogP contribution in [0.1, 0.15) is 0 Å². The van der Waals surface area contributed by atoms with Gasteiger partial charge in [0, 0.05) is 16.7 Å². The molecule has 1 aromatic heterocycles. The van der Waals surface area contributed by atoms with Crippen LogP contribution in [-0.2, 0) is 0 Å². The van der Waals surface area contributed by atoms with E-state index in [9.17, 15) is 0 Å². The fourth-order valence-corrected chi connectivity index (χ4v) is 8.24. The molecule has 230 valence electrons. The maximum Gasteiger partial charge on any atom is 0.160 e. The highest BCUT2D eigenvalue weighted by atomic mass is 14.9. The van der Waals surface area contributed by atoms with Crippen molar-refractivity contribution in [2.75, 3.05) is 0 Å². The molecule has 50 heavy (non-hydrogen) atoms. The van der Waals surface area contributed by atoms with Crippen LogP contribution in [0.2, 0.25) is 0 Å². The van der Waals surface area contributed by atoms with Crippen LogP contribution in [0.4, 0.5) is 0 Å². The quantitative estimate of drug-likeness (QED) is 0.181. The van der Waals surface area contributed by atoms with E-state index in [2.05, 4.69) is 164 Å². The van der Waals surface area contributed by atoms with Gasteiger partial charge in [0.25, 0.3) is 0 Å². The monoisotopic (exact) mass is 632 g/mol. The zero-order valence-corrected chi connectivity index (χ0v) is 27.1. The number of aromatic nitrogens is 2. The molecule has 0 atom stereocenters. The standard InChI is InChI=1S/C48H28N2/c1-2-10-33(11-3-1)48-49-42(35-23-19-29-9-4-5-12-34(29)25-35)28-43(50-48)37-26-36-24-22-32-14-7-17-39-38-16-6-13-30-20-21-31-15-8-18-40(46(31)44(30)38)41(27-37)47(36)45(32)39/h1-28H. The van der Waals surface area contributed by atoms with Crippen LogP contribution in [0.3, 0.4) is 0 Å². The van der Waals surface area contributed by atoms with Gasteiger partial charge in [0.15, 0.2) is 5.82 Å². The first-order valence-corrected chi connectivity index (χ1v) is 17.2. The van der Waals surface area contributed by atoms with Gasteiger partial charge in [-0.3, -0.25) is 0 Å². The number of nitrogens with zero attached hydrogens (tertiary/aromatic N) is 2. The summed E-state index contributed by atoms with van der Waals surface area (Å²) >= 11 is 0. The van der Waals surface area contributed by atoms with E-state index in [0.29, 0.717) is 0 Å². The van der Waals surface area contributed by atoms with Crippen LogP contribution in [0, 0.1) is 0 Å². The van der Waals surface area contributed by atoms with E-state index >= 15 is 0 Å². The Morgan fingerprint density at radius 3 is 1.40 bits per heavy atom. The Hall–Kier alpha value is -6.64. The van der Waals surface area contributed by atoms with Gasteiger partial charge in [-0.15, -0.1) is 0 Å². The van der Waals surface area contributed by atoms with Gasteiger partial charge in [-0.2, -0.15) is 0 Å². The Morgan fingerprint density at radius 1 is 0.260 bits per heavy atom. The van der Waals surface area contributed by atoms with Crippen molar-refractivity contribution in [2.45, 2.75) is 0 Å². The Morgan fingerprint density at radius 2 is 0.740 bits per heavy atom. The molecular formula is C48H28N2. The summed E-state index contributed by atoms with van der Waals surface area (Å²) in [4.78, 5) is 10.4. The smallest absolute Gasteiger partial charge is 0.160 e. The first-order valence-electron chi connectivity index (χ1n) is 17.2. The molecule has 1 heterocycles. The van der Waals surface area contributed by atoms with Gasteiger partial charge in [-0.05, 0) is 99.7 Å². The largest absolute Gasteiger partial charge is 0.228 e. The minimum absolute atomic E-state index is 0.718. The molecule has 0 aliphatic carbocycles. The molecule has 0 saturated carbocycles. The minimum atomic E-state index is 0.718. The summed E-state index contributed by atoms with van der Waals surface area (Å²) in [7, 11) is 0. The van der Waals surface area contributed by atoms with E-state index in [1.807, 2.05) is 6.07 Å². The molecule has 0 saturated heterocycles. The summed E-state index contributed by atoms with van der Waals surface area (Å²) < 4.78 is 0. The maximum absolute atomic E-state index is 5.28. The Balaban J connectivity index is 1.28. The zero-order valence-electron chi connectivity index (χ0n) is 27.1. The fourth-order valence-electron chi connectivity index (χ4n) is 8.24. The fraction of sp³-hybridized carbons (Fsp3) is 0. The third kappa shape index (κ3) is 4.03. The van der Waals surface area contributed by atoms with Crippen molar-refractivity contribution in [3.63, 3.8) is 0 Å². The normalized spacial score (nSPS) is 12.0. The Labute approximate surface area is 288 Å². The average molecular weight is 633 g/mol. The average Bonchev–Trinajstić information content (AvgIpc) is 3.19. The van der Waals surface area contributed by atoms with Crippen LogP contribution >= 0.6 is 0 Å². The van der Waals surface area contributed by atoms with E-state index in [-0.39, 0.29) is 0 Å². The molecule has 0 aliphatic heterocycles. The topological polar surface area (TPSA) is 25.8 Å². The predicted octanol–water partition coefficient (Wildman–Crippen LogP) is 13.0. The zero-order chi connectivity index (χ0) is 32.8. The second-order valence-corrected chi connectivity index (χ2v) is 13.4. The van der Waals surface area contributed by atoms with Gasteiger partial charge in [0.1, 0.15) is 0 Å². The van der Waals surface area contributed by atoms with Gasteiger partial charge >= 0.3 is 0 Å². The lowest BCUT2D eigenvalue weighted by Gasteiger charge is -2.17. The van der Waals surface area contributed by atoms with Crippen LogP contribution in [0.25, 0.3) is 109 Å². The molecule has 11 aromatic rings.